The van der Waals surface area contributed by atoms with Gasteiger partial charge in [0.2, 0.25) is 19.5 Å². The van der Waals surface area contributed by atoms with E-state index in [1.165, 1.54) is 12.1 Å². The SMILES string of the molecule is O=C(CNC(=O)C(F)(F)F)c1ccc(CN(C(=O)N2CCCCC2)c2ccc(-c3ccc4c(c3)OCO4)cc2)cc1.O=C(N1CCCCC1)N(Cc1ccc(-c2nnc(C(F)(F)F)o2)cc1)c1ccc(-c2ccc3c(c2)OCO3)cc1. The van der Waals surface area contributed by atoms with Crippen molar-refractivity contribution in [1.82, 2.24) is 25.3 Å². The molecule has 0 unspecified atom stereocenters. The maximum absolute atomic E-state index is 13.7. The van der Waals surface area contributed by atoms with Gasteiger partial charge in [-0.1, -0.05) is 72.8 Å². The normalized spacial score (nSPS) is 14.6. The fourth-order valence-corrected chi connectivity index (χ4v) is 9.60. The molecule has 1 aromatic heterocycles. The Morgan fingerprint density at radius 3 is 1.35 bits per heavy atom. The molecular formula is C59H53F6N7O9. The summed E-state index contributed by atoms with van der Waals surface area (Å²) >= 11 is 0. The number of Topliss-reactive ketones (excluding diaryl/α,β-unsaturated/α-hetero) is 1. The fourth-order valence-electron chi connectivity index (χ4n) is 9.60. The van der Waals surface area contributed by atoms with E-state index in [9.17, 15) is 45.5 Å². The molecule has 7 aromatic rings. The predicted molar refractivity (Wildman–Crippen MR) is 285 cm³/mol. The number of amides is 5. The summed E-state index contributed by atoms with van der Waals surface area (Å²) in [5.74, 6) is -1.66. The lowest BCUT2D eigenvalue weighted by atomic mass is 10.0. The Hall–Kier alpha value is -9.08. The van der Waals surface area contributed by atoms with Crippen molar-refractivity contribution in [1.29, 1.82) is 0 Å². The number of nitrogens with one attached hydrogen (secondary N) is 1. The topological polar surface area (TPSA) is 169 Å². The van der Waals surface area contributed by atoms with Crippen LogP contribution in [-0.2, 0) is 24.1 Å². The molecule has 22 heteroatoms. The molecule has 0 bridgehead atoms. The molecule has 0 radical (unpaired) electrons. The molecule has 1 N–H and O–H groups in total. The highest BCUT2D eigenvalue weighted by Gasteiger charge is 2.39. The number of ether oxygens (including phenoxy) is 4. The van der Waals surface area contributed by atoms with Gasteiger partial charge >= 0.3 is 36.2 Å². The van der Waals surface area contributed by atoms with Gasteiger partial charge < -0.3 is 38.5 Å². The van der Waals surface area contributed by atoms with E-state index in [1.54, 1.807) is 51.5 Å². The van der Waals surface area contributed by atoms with Gasteiger partial charge in [0, 0.05) is 48.7 Å². The first-order chi connectivity index (χ1) is 39.0. The fraction of sp³-hybridized carbons (Fsp3) is 0.288. The van der Waals surface area contributed by atoms with E-state index in [2.05, 4.69) is 10.2 Å². The number of piperidine rings is 2. The zero-order valence-corrected chi connectivity index (χ0v) is 43.4. The van der Waals surface area contributed by atoms with Gasteiger partial charge in [-0.15, -0.1) is 10.2 Å². The van der Waals surface area contributed by atoms with Crippen molar-refractivity contribution >= 4 is 35.1 Å². The van der Waals surface area contributed by atoms with Crippen molar-refractivity contribution in [2.45, 2.75) is 64.0 Å². The van der Waals surface area contributed by atoms with Crippen LogP contribution in [0.2, 0.25) is 0 Å². The number of likely N-dealkylation sites (tertiary alicyclic amines) is 2. The second-order valence-corrected chi connectivity index (χ2v) is 19.5. The van der Waals surface area contributed by atoms with Gasteiger partial charge in [-0.2, -0.15) is 26.3 Å². The number of carbonyl (C=O) groups excluding carboxylic acids is 4. The van der Waals surface area contributed by atoms with Crippen molar-refractivity contribution in [2.75, 3.05) is 56.1 Å². The van der Waals surface area contributed by atoms with Gasteiger partial charge in [-0.3, -0.25) is 19.4 Å². The predicted octanol–water partition coefficient (Wildman–Crippen LogP) is 12.3. The number of urea groups is 2. The van der Waals surface area contributed by atoms with Gasteiger partial charge in [0.05, 0.1) is 19.6 Å². The number of alkyl halides is 6. The number of benzene rings is 6. The second kappa shape index (κ2) is 24.1. The zero-order chi connectivity index (χ0) is 56.7. The lowest BCUT2D eigenvalue weighted by Gasteiger charge is -2.33. The van der Waals surface area contributed by atoms with E-state index in [0.29, 0.717) is 60.4 Å². The molecule has 4 aliphatic heterocycles. The number of halogens is 6. The van der Waals surface area contributed by atoms with Crippen LogP contribution >= 0.6 is 0 Å². The molecule has 0 spiro atoms. The van der Waals surface area contributed by atoms with E-state index in [1.807, 2.05) is 94.7 Å². The smallest absolute Gasteiger partial charge is 0.454 e. The minimum atomic E-state index is -5.06. The monoisotopic (exact) mass is 1120 g/mol. The number of nitrogens with zero attached hydrogens (tertiary/aromatic N) is 6. The summed E-state index contributed by atoms with van der Waals surface area (Å²) in [6, 6.07) is 39.5. The number of fused-ring (bicyclic) bond motifs is 2. The maximum atomic E-state index is 13.7. The molecule has 5 amide bonds. The lowest BCUT2D eigenvalue weighted by Crippen LogP contribution is -2.45. The molecule has 16 nitrogen and oxygen atoms in total. The Labute approximate surface area is 460 Å². The molecule has 0 aliphatic carbocycles. The minimum Gasteiger partial charge on any atom is -0.454 e. The Morgan fingerprint density at radius 1 is 0.494 bits per heavy atom. The summed E-state index contributed by atoms with van der Waals surface area (Å²) in [4.78, 5) is 57.7. The van der Waals surface area contributed by atoms with E-state index in [-0.39, 0.29) is 50.2 Å². The minimum absolute atomic E-state index is 0.0914. The molecule has 2 fully saturated rings. The van der Waals surface area contributed by atoms with Crippen molar-refractivity contribution in [3.8, 4) is 56.7 Å². The van der Waals surface area contributed by atoms with Crippen LogP contribution in [0.15, 0.2) is 138 Å². The van der Waals surface area contributed by atoms with Gasteiger partial charge in [0.25, 0.3) is 0 Å². The van der Waals surface area contributed by atoms with Crippen LogP contribution in [0.25, 0.3) is 33.7 Å². The third-order valence-electron chi connectivity index (χ3n) is 14.0. The molecule has 0 atom stereocenters. The van der Waals surface area contributed by atoms with Gasteiger partial charge in [-0.25, -0.2) is 9.59 Å². The number of hydrogen-bond donors (Lipinski definition) is 1. The molecular weight excluding hydrogens is 1060 g/mol. The summed E-state index contributed by atoms with van der Waals surface area (Å²) in [7, 11) is 0. The number of hydrogen-bond acceptors (Lipinski definition) is 11. The number of ketones is 1. The molecule has 4 aliphatic rings. The van der Waals surface area contributed by atoms with E-state index in [4.69, 9.17) is 23.4 Å². The molecule has 420 valence electrons. The summed E-state index contributed by atoms with van der Waals surface area (Å²) in [6.45, 7) is 2.85. The van der Waals surface area contributed by atoms with Crippen LogP contribution in [0.1, 0.15) is 65.9 Å². The molecule has 81 heavy (non-hydrogen) atoms. The molecule has 0 saturated carbocycles. The highest BCUT2D eigenvalue weighted by atomic mass is 19.4. The van der Waals surface area contributed by atoms with Crippen LogP contribution in [0.4, 0.5) is 47.3 Å². The number of carbonyl (C=O) groups is 4. The standard InChI is InChI=1S/C30H28F3N3O5.C29H25F3N4O4/c31-30(32,33)28(38)34-17-25(37)22-6-4-20(5-7-22)18-36(29(39)35-14-2-1-3-15-35)24-11-8-21(9-12-24)23-10-13-26-27(16-23)41-19-40-26;30-29(31,32)27-34-33-26(40-27)21-6-4-19(5-7-21)17-36(28(37)35-14-2-1-3-15-35)23-11-8-20(9-12-23)22-10-13-24-25(16-22)39-18-38-24/h4-13,16H,1-3,14-15,17-19H2,(H,34,38);4-13,16H,1-3,14-15,17-18H2. The highest BCUT2D eigenvalue weighted by molar-refractivity contribution is 6.00. The lowest BCUT2D eigenvalue weighted by molar-refractivity contribution is -0.173. The van der Waals surface area contributed by atoms with Crippen LogP contribution < -0.4 is 34.1 Å². The van der Waals surface area contributed by atoms with Crippen molar-refractivity contribution < 1.29 is 68.9 Å². The summed E-state index contributed by atoms with van der Waals surface area (Å²) < 4.78 is 102. The largest absolute Gasteiger partial charge is 0.471 e. The quantitative estimate of drug-likeness (QED) is 0.0913. The van der Waals surface area contributed by atoms with Crippen LogP contribution in [0, 0.1) is 0 Å². The zero-order valence-electron chi connectivity index (χ0n) is 43.4. The van der Waals surface area contributed by atoms with Crippen molar-refractivity contribution in [3.63, 3.8) is 0 Å². The number of aromatic nitrogens is 2. The van der Waals surface area contributed by atoms with Crippen LogP contribution in [-0.4, -0.2) is 96.2 Å². The summed E-state index contributed by atoms with van der Waals surface area (Å²) in [5, 5.41) is 8.18. The van der Waals surface area contributed by atoms with E-state index in [0.717, 1.165) is 77.6 Å². The average Bonchev–Trinajstić information content (AvgIpc) is 4.41. The van der Waals surface area contributed by atoms with Crippen LogP contribution in [0.3, 0.4) is 0 Å². The Balaban J connectivity index is 0.000000182. The Morgan fingerprint density at radius 2 is 0.914 bits per heavy atom. The Kier molecular flexibility index (Phi) is 16.4. The van der Waals surface area contributed by atoms with Crippen molar-refractivity contribution in [2.24, 2.45) is 0 Å². The first-order valence-corrected chi connectivity index (χ1v) is 26.1. The number of rotatable bonds is 12. The first-order valence-electron chi connectivity index (χ1n) is 26.1. The molecule has 5 heterocycles. The van der Waals surface area contributed by atoms with E-state index < -0.39 is 36.5 Å². The van der Waals surface area contributed by atoms with Gasteiger partial charge in [-0.05, 0) is 133 Å². The Bertz CT molecular complexity index is 3360. The average molecular weight is 1120 g/mol. The molecule has 6 aromatic carbocycles. The highest BCUT2D eigenvalue weighted by Crippen LogP contribution is 2.39. The summed E-state index contributed by atoms with van der Waals surface area (Å²) in [6.07, 6.45) is -3.80. The third kappa shape index (κ3) is 13.3. The van der Waals surface area contributed by atoms with E-state index >= 15 is 0 Å². The van der Waals surface area contributed by atoms with Gasteiger partial charge in [0.1, 0.15) is 0 Å². The molecule has 11 rings (SSSR count). The second-order valence-electron chi connectivity index (χ2n) is 19.5. The van der Waals surface area contributed by atoms with Crippen molar-refractivity contribution in [3.05, 3.63) is 156 Å². The summed E-state index contributed by atoms with van der Waals surface area (Å²) in [5.41, 5.74) is 7.28. The van der Waals surface area contributed by atoms with Gasteiger partial charge in [0.15, 0.2) is 28.8 Å². The maximum Gasteiger partial charge on any atom is 0.471 e. The first kappa shape index (κ1) is 55.2. The molecule has 2 saturated heterocycles. The third-order valence-corrected chi connectivity index (χ3v) is 14.0. The van der Waals surface area contributed by atoms with Crippen LogP contribution in [0.5, 0.6) is 23.0 Å². The number of anilines is 2.